The predicted octanol–water partition coefficient (Wildman–Crippen LogP) is 2.93. The van der Waals surface area contributed by atoms with Crippen molar-refractivity contribution in [1.82, 2.24) is 5.43 Å². The van der Waals surface area contributed by atoms with Gasteiger partial charge < -0.3 is 24.3 Å². The zero-order valence-electron chi connectivity index (χ0n) is 20.4. The third kappa shape index (κ3) is 6.60. The molecule has 0 atom stereocenters. The highest BCUT2D eigenvalue weighted by Crippen LogP contribution is 2.30. The van der Waals surface area contributed by atoms with Crippen molar-refractivity contribution in [3.63, 3.8) is 0 Å². The van der Waals surface area contributed by atoms with Crippen LogP contribution in [-0.4, -0.2) is 50.3 Å². The number of nitro groups is 1. The number of hydrogen-bond acceptors (Lipinski definition) is 10. The van der Waals surface area contributed by atoms with Gasteiger partial charge in [0.25, 0.3) is 5.69 Å². The third-order valence-electron chi connectivity index (χ3n) is 4.95. The number of para-hydroxylation sites is 1. The highest BCUT2D eigenvalue weighted by Gasteiger charge is 2.22. The summed E-state index contributed by atoms with van der Waals surface area (Å²) in [6.45, 7) is 0. The Balaban J connectivity index is 1.65. The molecule has 3 aromatic rings. The van der Waals surface area contributed by atoms with Crippen LogP contribution in [-0.2, 0) is 9.59 Å². The molecule has 0 aliphatic rings. The van der Waals surface area contributed by atoms with Gasteiger partial charge in [0.05, 0.1) is 38.2 Å². The highest BCUT2D eigenvalue weighted by molar-refractivity contribution is 6.39. The summed E-state index contributed by atoms with van der Waals surface area (Å²) in [5, 5.41) is 17.3. The molecule has 0 aliphatic carbocycles. The van der Waals surface area contributed by atoms with Gasteiger partial charge in [0.1, 0.15) is 17.1 Å². The molecule has 0 saturated carbocycles. The molecule has 0 radical (unpaired) electrons. The number of rotatable bonds is 9. The summed E-state index contributed by atoms with van der Waals surface area (Å²) in [4.78, 5) is 47.3. The molecule has 2 N–H and O–H groups in total. The number of methoxy groups -OCH3 is 3. The molecule has 196 valence electrons. The Morgan fingerprint density at radius 1 is 0.868 bits per heavy atom. The largest absolute Gasteiger partial charge is 0.497 e. The first kappa shape index (κ1) is 27.1. The first-order valence-electron chi connectivity index (χ1n) is 10.8. The van der Waals surface area contributed by atoms with Crippen molar-refractivity contribution in [2.75, 3.05) is 26.6 Å². The monoisotopic (exact) mass is 522 g/mol. The van der Waals surface area contributed by atoms with Crippen LogP contribution in [0.25, 0.3) is 0 Å². The van der Waals surface area contributed by atoms with Crippen molar-refractivity contribution in [2.45, 2.75) is 0 Å². The van der Waals surface area contributed by atoms with Gasteiger partial charge in [-0.25, -0.2) is 10.2 Å². The summed E-state index contributed by atoms with van der Waals surface area (Å²) in [7, 11) is 4.21. The average molecular weight is 522 g/mol. The minimum atomic E-state index is -1.04. The minimum absolute atomic E-state index is 0.00431. The van der Waals surface area contributed by atoms with E-state index in [1.165, 1.54) is 76.1 Å². The Labute approximate surface area is 216 Å². The van der Waals surface area contributed by atoms with Crippen LogP contribution in [0.15, 0.2) is 65.8 Å². The number of carbonyl (C=O) groups is 3. The Hall–Kier alpha value is -5.46. The van der Waals surface area contributed by atoms with Gasteiger partial charge in [0.15, 0.2) is 11.5 Å². The van der Waals surface area contributed by atoms with Gasteiger partial charge in [0.2, 0.25) is 0 Å². The van der Waals surface area contributed by atoms with E-state index >= 15 is 0 Å². The number of nitrogens with one attached hydrogen (secondary N) is 2. The number of hydrazone groups is 1. The van der Waals surface area contributed by atoms with Gasteiger partial charge in [-0.3, -0.25) is 19.7 Å². The minimum Gasteiger partial charge on any atom is -0.497 e. The molecule has 3 rings (SSSR count). The van der Waals surface area contributed by atoms with Crippen LogP contribution in [0.5, 0.6) is 23.0 Å². The van der Waals surface area contributed by atoms with E-state index in [9.17, 15) is 24.5 Å². The molecule has 0 saturated heterocycles. The molecule has 13 heteroatoms. The molecular formula is C25H22N4O9. The van der Waals surface area contributed by atoms with Crippen LogP contribution >= 0.6 is 0 Å². The molecule has 0 heterocycles. The standard InChI is InChI=1S/C25H22N4O9/c1-35-16-9-10-18(21(13-16)36-2)27-23(30)24(31)28-26-14-15-8-11-20(22(12-15)37-3)38-25(32)17-6-4-5-7-19(17)29(33)34/h4-14H,1-3H3,(H,27,30)(H,28,31)/b26-14+. The van der Waals surface area contributed by atoms with Crippen molar-refractivity contribution in [3.05, 3.63) is 81.9 Å². The second-order valence-electron chi connectivity index (χ2n) is 7.29. The van der Waals surface area contributed by atoms with E-state index in [2.05, 4.69) is 15.8 Å². The number of anilines is 1. The lowest BCUT2D eigenvalue weighted by atomic mass is 10.2. The number of benzene rings is 3. The lowest BCUT2D eigenvalue weighted by molar-refractivity contribution is -0.385. The molecule has 38 heavy (non-hydrogen) atoms. The zero-order valence-corrected chi connectivity index (χ0v) is 20.4. The first-order valence-corrected chi connectivity index (χ1v) is 10.8. The number of hydrogen-bond donors (Lipinski definition) is 2. The molecule has 0 aromatic heterocycles. The Kier molecular flexibility index (Phi) is 8.91. The predicted molar refractivity (Wildman–Crippen MR) is 135 cm³/mol. The molecule has 0 fully saturated rings. The second-order valence-corrected chi connectivity index (χ2v) is 7.29. The summed E-state index contributed by atoms with van der Waals surface area (Å²) in [5.74, 6) is -2.04. The highest BCUT2D eigenvalue weighted by atomic mass is 16.6. The number of nitrogens with zero attached hydrogens (tertiary/aromatic N) is 2. The van der Waals surface area contributed by atoms with Crippen molar-refractivity contribution < 1.29 is 38.3 Å². The number of amides is 2. The maximum absolute atomic E-state index is 12.5. The zero-order chi connectivity index (χ0) is 27.7. The Morgan fingerprint density at radius 2 is 1.61 bits per heavy atom. The molecule has 0 bridgehead atoms. The molecule has 0 aliphatic heterocycles. The molecule has 0 spiro atoms. The third-order valence-corrected chi connectivity index (χ3v) is 4.95. The van der Waals surface area contributed by atoms with Gasteiger partial charge in [-0.15, -0.1) is 0 Å². The smallest absolute Gasteiger partial charge is 0.350 e. The molecule has 2 amide bonds. The molecule has 13 nitrogen and oxygen atoms in total. The summed E-state index contributed by atoms with van der Waals surface area (Å²) in [5.41, 5.74) is 2.15. The molecule has 3 aromatic carbocycles. The topological polar surface area (TPSA) is 168 Å². The van der Waals surface area contributed by atoms with E-state index in [-0.39, 0.29) is 22.7 Å². The van der Waals surface area contributed by atoms with Crippen LogP contribution in [0.4, 0.5) is 11.4 Å². The maximum Gasteiger partial charge on any atom is 0.350 e. The fourth-order valence-electron chi connectivity index (χ4n) is 3.11. The maximum atomic E-state index is 12.5. The molecular weight excluding hydrogens is 500 g/mol. The lowest BCUT2D eigenvalue weighted by Gasteiger charge is -2.11. The number of ether oxygens (including phenoxy) is 4. The number of esters is 1. The van der Waals surface area contributed by atoms with Gasteiger partial charge in [-0.05, 0) is 42.0 Å². The normalized spacial score (nSPS) is 10.4. The van der Waals surface area contributed by atoms with Crippen molar-refractivity contribution in [3.8, 4) is 23.0 Å². The summed E-state index contributed by atoms with van der Waals surface area (Å²) < 4.78 is 20.8. The first-order chi connectivity index (χ1) is 18.3. The fourth-order valence-corrected chi connectivity index (χ4v) is 3.11. The number of nitro benzene ring substituents is 1. The van der Waals surface area contributed by atoms with Crippen LogP contribution in [0, 0.1) is 10.1 Å². The fraction of sp³-hybridized carbons (Fsp3) is 0.120. The quantitative estimate of drug-likeness (QED) is 0.107. The van der Waals surface area contributed by atoms with Crippen LogP contribution in [0.3, 0.4) is 0 Å². The van der Waals surface area contributed by atoms with Gasteiger partial charge in [-0.1, -0.05) is 12.1 Å². The van der Waals surface area contributed by atoms with Crippen molar-refractivity contribution in [1.29, 1.82) is 0 Å². The van der Waals surface area contributed by atoms with Crippen LogP contribution < -0.4 is 29.7 Å². The number of carbonyl (C=O) groups excluding carboxylic acids is 3. The van der Waals surface area contributed by atoms with E-state index in [4.69, 9.17) is 18.9 Å². The Bertz CT molecular complexity index is 1410. The van der Waals surface area contributed by atoms with Crippen LogP contribution in [0.2, 0.25) is 0 Å². The van der Waals surface area contributed by atoms with E-state index in [1.54, 1.807) is 12.1 Å². The second kappa shape index (κ2) is 12.5. The van der Waals surface area contributed by atoms with Crippen LogP contribution in [0.1, 0.15) is 15.9 Å². The van der Waals surface area contributed by atoms with E-state index in [0.29, 0.717) is 17.1 Å². The van der Waals surface area contributed by atoms with E-state index in [0.717, 1.165) is 0 Å². The van der Waals surface area contributed by atoms with E-state index in [1.807, 2.05) is 0 Å². The Morgan fingerprint density at radius 3 is 2.29 bits per heavy atom. The van der Waals surface area contributed by atoms with E-state index < -0.39 is 28.4 Å². The lowest BCUT2D eigenvalue weighted by Crippen LogP contribution is -2.32. The SMILES string of the molecule is COc1ccc(NC(=O)C(=O)N/N=C/c2ccc(OC(=O)c3ccccc3[N+](=O)[O-])c(OC)c2)c(OC)c1. The molecule has 0 unspecified atom stereocenters. The van der Waals surface area contributed by atoms with Crippen molar-refractivity contribution >= 4 is 35.4 Å². The van der Waals surface area contributed by atoms with Gasteiger partial charge in [0, 0.05) is 12.1 Å². The summed E-state index contributed by atoms with van der Waals surface area (Å²) in [6.07, 6.45) is 1.23. The van der Waals surface area contributed by atoms with Crippen molar-refractivity contribution in [2.24, 2.45) is 5.10 Å². The summed E-state index contributed by atoms with van der Waals surface area (Å²) >= 11 is 0. The van der Waals surface area contributed by atoms with Gasteiger partial charge >= 0.3 is 17.8 Å². The van der Waals surface area contributed by atoms with Gasteiger partial charge in [-0.2, -0.15) is 5.10 Å². The summed E-state index contributed by atoms with van der Waals surface area (Å²) in [6, 6.07) is 14.3. The average Bonchev–Trinajstić information content (AvgIpc) is 2.93.